The van der Waals surface area contributed by atoms with Crippen molar-refractivity contribution in [3.05, 3.63) is 46.5 Å². The Labute approximate surface area is 131 Å². The van der Waals surface area contributed by atoms with Crippen LogP contribution in [-0.2, 0) is 4.79 Å². The lowest BCUT2D eigenvalue weighted by Gasteiger charge is -2.25. The van der Waals surface area contributed by atoms with Crippen molar-refractivity contribution in [2.75, 3.05) is 11.9 Å². The molecule has 0 radical (unpaired) electrons. The molecule has 0 bridgehead atoms. The highest BCUT2D eigenvalue weighted by Gasteiger charge is 2.28. The minimum Gasteiger partial charge on any atom is -0.493 e. The second-order valence-corrected chi connectivity index (χ2v) is 5.26. The van der Waals surface area contributed by atoms with E-state index in [2.05, 4.69) is 15.3 Å². The molecule has 1 atom stereocenters. The van der Waals surface area contributed by atoms with Crippen LogP contribution in [0.25, 0.3) is 0 Å². The van der Waals surface area contributed by atoms with Crippen LogP contribution in [0.15, 0.2) is 30.6 Å². The first kappa shape index (κ1) is 14.1. The normalized spacial score (nSPS) is 16.8. The number of fused-ring (bicyclic) bond motifs is 1. The number of rotatable bonds is 2. The molecular formula is C14H11Cl2N3O2. The molecule has 2 aromatic rings. The summed E-state index contributed by atoms with van der Waals surface area (Å²) in [5, 5.41) is 2.93. The maximum atomic E-state index is 12.5. The van der Waals surface area contributed by atoms with Crippen molar-refractivity contribution in [1.82, 2.24) is 9.97 Å². The molecule has 7 heteroatoms. The lowest BCUT2D eigenvalue weighted by atomic mass is 9.92. The Morgan fingerprint density at radius 1 is 1.24 bits per heavy atom. The van der Waals surface area contributed by atoms with Gasteiger partial charge in [-0.15, -0.1) is 0 Å². The molecule has 1 amide bonds. The van der Waals surface area contributed by atoms with E-state index in [9.17, 15) is 4.79 Å². The molecule has 1 aliphatic rings. The number of para-hydroxylation sites is 1. The Kier molecular flexibility index (Phi) is 3.94. The van der Waals surface area contributed by atoms with Gasteiger partial charge in [0.2, 0.25) is 5.91 Å². The quantitative estimate of drug-likeness (QED) is 0.861. The van der Waals surface area contributed by atoms with Crippen LogP contribution in [0.5, 0.6) is 5.75 Å². The molecule has 0 saturated carbocycles. The van der Waals surface area contributed by atoms with Crippen LogP contribution < -0.4 is 10.1 Å². The van der Waals surface area contributed by atoms with E-state index < -0.39 is 0 Å². The van der Waals surface area contributed by atoms with Gasteiger partial charge in [-0.3, -0.25) is 4.79 Å². The summed E-state index contributed by atoms with van der Waals surface area (Å²) in [5.41, 5.74) is 1.08. The lowest BCUT2D eigenvalue weighted by molar-refractivity contribution is -0.118. The van der Waals surface area contributed by atoms with E-state index in [0.717, 1.165) is 11.3 Å². The Balaban J connectivity index is 1.87. The molecule has 3 rings (SSSR count). The summed E-state index contributed by atoms with van der Waals surface area (Å²) in [5.74, 6) is 0.206. The van der Waals surface area contributed by atoms with Gasteiger partial charge in [-0.2, -0.15) is 0 Å². The van der Waals surface area contributed by atoms with Gasteiger partial charge in [0.1, 0.15) is 17.8 Å². The van der Waals surface area contributed by atoms with Crippen LogP contribution in [0.4, 0.5) is 5.69 Å². The van der Waals surface area contributed by atoms with E-state index in [-0.39, 0.29) is 27.8 Å². The molecule has 5 nitrogen and oxygen atoms in total. The lowest BCUT2D eigenvalue weighted by Crippen LogP contribution is -2.26. The zero-order valence-electron chi connectivity index (χ0n) is 10.8. The highest BCUT2D eigenvalue weighted by Crippen LogP contribution is 2.35. The van der Waals surface area contributed by atoms with Gasteiger partial charge in [0.25, 0.3) is 0 Å². The van der Waals surface area contributed by atoms with E-state index in [0.29, 0.717) is 13.0 Å². The summed E-state index contributed by atoms with van der Waals surface area (Å²) in [7, 11) is 0. The molecule has 21 heavy (non-hydrogen) atoms. The monoisotopic (exact) mass is 323 g/mol. The van der Waals surface area contributed by atoms with Gasteiger partial charge in [-0.1, -0.05) is 41.4 Å². The van der Waals surface area contributed by atoms with Crippen molar-refractivity contribution in [2.45, 2.75) is 12.3 Å². The number of benzene rings is 1. The van der Waals surface area contributed by atoms with Crippen LogP contribution in [0.2, 0.25) is 10.3 Å². The summed E-state index contributed by atoms with van der Waals surface area (Å²) < 4.78 is 5.54. The van der Waals surface area contributed by atoms with Crippen molar-refractivity contribution in [1.29, 1.82) is 0 Å². The first-order chi connectivity index (χ1) is 10.2. The van der Waals surface area contributed by atoms with Gasteiger partial charge in [0.15, 0.2) is 10.3 Å². The van der Waals surface area contributed by atoms with E-state index in [1.165, 1.54) is 6.33 Å². The minimum absolute atomic E-state index is 0.115. The number of nitrogens with zero attached hydrogens (tertiary/aromatic N) is 2. The number of nitrogens with one attached hydrogen (secondary N) is 1. The molecule has 1 aromatic carbocycles. The first-order valence-corrected chi connectivity index (χ1v) is 7.11. The van der Waals surface area contributed by atoms with Crippen LogP contribution in [0, 0.1) is 0 Å². The maximum absolute atomic E-state index is 12.5. The van der Waals surface area contributed by atoms with E-state index in [1.54, 1.807) is 0 Å². The molecular weight excluding hydrogens is 313 g/mol. The predicted octanol–water partition coefficient (Wildman–Crippen LogP) is 3.29. The SMILES string of the molecule is O=C(Nc1c(Cl)ncnc1Cl)C1CCOc2ccccc21. The second kappa shape index (κ2) is 5.87. The third-order valence-electron chi connectivity index (χ3n) is 3.28. The fourth-order valence-electron chi connectivity index (χ4n) is 2.27. The summed E-state index contributed by atoms with van der Waals surface area (Å²) in [4.78, 5) is 20.1. The molecule has 1 aromatic heterocycles. The zero-order valence-corrected chi connectivity index (χ0v) is 12.4. The van der Waals surface area contributed by atoms with Crippen molar-refractivity contribution in [3.8, 4) is 5.75 Å². The van der Waals surface area contributed by atoms with Crippen molar-refractivity contribution >= 4 is 34.8 Å². The fourth-order valence-corrected chi connectivity index (χ4v) is 2.68. The van der Waals surface area contributed by atoms with Crippen molar-refractivity contribution in [3.63, 3.8) is 0 Å². The van der Waals surface area contributed by atoms with Crippen molar-refractivity contribution < 1.29 is 9.53 Å². The Bertz CT molecular complexity index is 673. The fraction of sp³-hybridized carbons (Fsp3) is 0.214. The number of carbonyl (C=O) groups is 1. The zero-order chi connectivity index (χ0) is 14.8. The number of carbonyl (C=O) groups excluding carboxylic acids is 1. The number of aromatic nitrogens is 2. The van der Waals surface area contributed by atoms with Crippen LogP contribution in [-0.4, -0.2) is 22.5 Å². The van der Waals surface area contributed by atoms with Crippen LogP contribution >= 0.6 is 23.2 Å². The Morgan fingerprint density at radius 2 is 1.95 bits per heavy atom. The van der Waals surface area contributed by atoms with Gasteiger partial charge in [-0.25, -0.2) is 9.97 Å². The molecule has 1 N–H and O–H groups in total. The smallest absolute Gasteiger partial charge is 0.232 e. The van der Waals surface area contributed by atoms with Gasteiger partial charge >= 0.3 is 0 Å². The molecule has 1 unspecified atom stereocenters. The summed E-state index contributed by atoms with van der Waals surface area (Å²) in [6.45, 7) is 0.488. The highest BCUT2D eigenvalue weighted by atomic mass is 35.5. The van der Waals surface area contributed by atoms with Gasteiger partial charge in [0.05, 0.1) is 12.5 Å². The average molecular weight is 324 g/mol. The average Bonchev–Trinajstić information content (AvgIpc) is 2.50. The first-order valence-electron chi connectivity index (χ1n) is 6.35. The summed E-state index contributed by atoms with van der Waals surface area (Å²) in [6, 6.07) is 7.47. The third kappa shape index (κ3) is 2.80. The number of halogens is 2. The number of ether oxygens (including phenoxy) is 1. The Morgan fingerprint density at radius 3 is 2.71 bits per heavy atom. The summed E-state index contributed by atoms with van der Waals surface area (Å²) in [6.07, 6.45) is 1.83. The topological polar surface area (TPSA) is 64.1 Å². The molecule has 0 saturated heterocycles. The predicted molar refractivity (Wildman–Crippen MR) is 80.0 cm³/mol. The second-order valence-electron chi connectivity index (χ2n) is 4.55. The molecule has 2 heterocycles. The molecule has 0 spiro atoms. The molecule has 108 valence electrons. The minimum atomic E-state index is -0.317. The maximum Gasteiger partial charge on any atom is 0.232 e. The van der Waals surface area contributed by atoms with E-state index in [1.807, 2.05) is 24.3 Å². The number of anilines is 1. The van der Waals surface area contributed by atoms with Gasteiger partial charge < -0.3 is 10.1 Å². The number of amides is 1. The third-order valence-corrected chi connectivity index (χ3v) is 3.85. The van der Waals surface area contributed by atoms with Crippen LogP contribution in [0.1, 0.15) is 17.9 Å². The number of hydrogen-bond donors (Lipinski definition) is 1. The molecule has 0 aliphatic carbocycles. The van der Waals surface area contributed by atoms with Crippen molar-refractivity contribution in [2.24, 2.45) is 0 Å². The standard InChI is InChI=1S/C14H11Cl2N3O2/c15-12-11(13(16)18-7-17-12)19-14(20)9-5-6-21-10-4-2-1-3-8(9)10/h1-4,7,9H,5-6H2,(H,19,20). The molecule has 1 aliphatic heterocycles. The highest BCUT2D eigenvalue weighted by molar-refractivity contribution is 6.38. The van der Waals surface area contributed by atoms with Crippen LogP contribution in [0.3, 0.4) is 0 Å². The van der Waals surface area contributed by atoms with E-state index in [4.69, 9.17) is 27.9 Å². The largest absolute Gasteiger partial charge is 0.493 e. The Hall–Kier alpha value is -1.85. The van der Waals surface area contributed by atoms with Gasteiger partial charge in [-0.05, 0) is 12.5 Å². The van der Waals surface area contributed by atoms with Gasteiger partial charge in [0, 0.05) is 5.56 Å². The van der Waals surface area contributed by atoms with E-state index >= 15 is 0 Å². The number of hydrogen-bond acceptors (Lipinski definition) is 4. The summed E-state index contributed by atoms with van der Waals surface area (Å²) >= 11 is 11.9. The molecule has 0 fully saturated rings.